The van der Waals surface area contributed by atoms with Crippen molar-refractivity contribution in [2.45, 2.75) is 33.4 Å². The normalized spacial score (nSPS) is 10.9. The van der Waals surface area contributed by atoms with Crippen molar-refractivity contribution in [3.63, 3.8) is 0 Å². The molecule has 0 amide bonds. The van der Waals surface area contributed by atoms with Gasteiger partial charge in [0, 0.05) is 12.7 Å². The Morgan fingerprint density at radius 3 is 2.80 bits per heavy atom. The minimum absolute atomic E-state index is 0.176. The molecule has 84 valence electrons. The largest absolute Gasteiger partial charge is 0.477 e. The molecule has 1 heterocycles. The molecular formula is C11H17NO3. The summed E-state index contributed by atoms with van der Waals surface area (Å²) in [7, 11) is 0. The summed E-state index contributed by atoms with van der Waals surface area (Å²) in [6, 6.07) is 1.80. The molecule has 0 aromatic carbocycles. The maximum absolute atomic E-state index is 10.9. The van der Waals surface area contributed by atoms with Crippen LogP contribution in [0.25, 0.3) is 0 Å². The van der Waals surface area contributed by atoms with E-state index in [0.29, 0.717) is 18.8 Å². The van der Waals surface area contributed by atoms with E-state index in [1.54, 1.807) is 23.8 Å². The van der Waals surface area contributed by atoms with Crippen molar-refractivity contribution in [1.82, 2.24) is 4.57 Å². The number of hydrogen-bond acceptors (Lipinski definition) is 2. The molecule has 0 aliphatic rings. The zero-order valence-corrected chi connectivity index (χ0v) is 9.36. The topological polar surface area (TPSA) is 51.5 Å². The molecule has 0 atom stereocenters. The fourth-order valence-corrected chi connectivity index (χ4v) is 1.45. The fraction of sp³-hybridized carbons (Fsp3) is 0.545. The molecule has 0 aliphatic heterocycles. The van der Waals surface area contributed by atoms with Crippen LogP contribution in [0.2, 0.25) is 0 Å². The zero-order valence-electron chi connectivity index (χ0n) is 9.36. The zero-order chi connectivity index (χ0) is 11.4. The van der Waals surface area contributed by atoms with Gasteiger partial charge in [0.05, 0.1) is 12.7 Å². The van der Waals surface area contributed by atoms with E-state index in [2.05, 4.69) is 0 Å². The lowest BCUT2D eigenvalue weighted by molar-refractivity contribution is 0.0649. The Morgan fingerprint density at radius 1 is 1.60 bits per heavy atom. The summed E-state index contributed by atoms with van der Waals surface area (Å²) in [6.07, 6.45) is 1.96. The number of carbonyl (C=O) groups is 1. The number of nitrogens with zero attached hydrogens (tertiary/aromatic N) is 1. The minimum Gasteiger partial charge on any atom is -0.477 e. The number of ether oxygens (including phenoxy) is 1. The van der Waals surface area contributed by atoms with Gasteiger partial charge in [-0.25, -0.2) is 4.79 Å². The maximum atomic E-state index is 10.9. The average Bonchev–Trinajstić information content (AvgIpc) is 2.46. The van der Waals surface area contributed by atoms with E-state index in [1.165, 1.54) is 0 Å². The lowest BCUT2D eigenvalue weighted by Crippen LogP contribution is -2.14. The standard InChI is InChI=1S/C11H17NO3/c1-8(2)15-7-6-12-5-4-9(3)10(12)11(13)14/h4-5,8H,6-7H2,1-3H3,(H,13,14). The molecule has 0 radical (unpaired) electrons. The second-order valence-electron chi connectivity index (χ2n) is 3.77. The highest BCUT2D eigenvalue weighted by Crippen LogP contribution is 2.09. The van der Waals surface area contributed by atoms with E-state index in [1.807, 2.05) is 13.8 Å². The number of aromatic carboxylic acids is 1. The third-order valence-corrected chi connectivity index (χ3v) is 2.15. The van der Waals surface area contributed by atoms with Gasteiger partial charge in [-0.1, -0.05) is 0 Å². The van der Waals surface area contributed by atoms with Crippen LogP contribution in [0.1, 0.15) is 29.9 Å². The molecule has 4 nitrogen and oxygen atoms in total. The van der Waals surface area contributed by atoms with E-state index < -0.39 is 5.97 Å². The van der Waals surface area contributed by atoms with Crippen LogP contribution in [0, 0.1) is 6.92 Å². The van der Waals surface area contributed by atoms with Crippen molar-refractivity contribution in [1.29, 1.82) is 0 Å². The molecule has 1 rings (SSSR count). The fourth-order valence-electron chi connectivity index (χ4n) is 1.45. The van der Waals surface area contributed by atoms with Gasteiger partial charge >= 0.3 is 5.97 Å². The molecule has 0 unspecified atom stereocenters. The number of aromatic nitrogens is 1. The van der Waals surface area contributed by atoms with Crippen molar-refractivity contribution in [3.05, 3.63) is 23.5 Å². The Hall–Kier alpha value is -1.29. The van der Waals surface area contributed by atoms with Gasteiger partial charge in [-0.15, -0.1) is 0 Å². The highest BCUT2D eigenvalue weighted by molar-refractivity contribution is 5.87. The molecular weight excluding hydrogens is 194 g/mol. The first-order chi connectivity index (χ1) is 7.02. The summed E-state index contributed by atoms with van der Waals surface area (Å²) in [5.41, 5.74) is 1.13. The van der Waals surface area contributed by atoms with Crippen LogP contribution in [0.4, 0.5) is 0 Å². The van der Waals surface area contributed by atoms with E-state index in [4.69, 9.17) is 9.84 Å². The van der Waals surface area contributed by atoms with Crippen LogP contribution >= 0.6 is 0 Å². The molecule has 1 aromatic rings. The van der Waals surface area contributed by atoms with Crippen molar-refractivity contribution in [2.24, 2.45) is 0 Å². The second kappa shape index (κ2) is 4.98. The van der Waals surface area contributed by atoms with E-state index >= 15 is 0 Å². The van der Waals surface area contributed by atoms with Crippen LogP contribution in [-0.2, 0) is 11.3 Å². The van der Waals surface area contributed by atoms with Gasteiger partial charge < -0.3 is 14.4 Å². The highest BCUT2D eigenvalue weighted by atomic mass is 16.5. The molecule has 0 aliphatic carbocycles. The third kappa shape index (κ3) is 3.09. The first kappa shape index (κ1) is 11.8. The summed E-state index contributed by atoms with van der Waals surface area (Å²) >= 11 is 0. The van der Waals surface area contributed by atoms with Gasteiger partial charge in [-0.05, 0) is 32.4 Å². The number of carboxylic acids is 1. The quantitative estimate of drug-likeness (QED) is 0.809. The Labute approximate surface area is 89.5 Å². The maximum Gasteiger partial charge on any atom is 0.352 e. The van der Waals surface area contributed by atoms with Crippen molar-refractivity contribution >= 4 is 5.97 Å². The van der Waals surface area contributed by atoms with E-state index in [0.717, 1.165) is 5.56 Å². The molecule has 0 saturated heterocycles. The minimum atomic E-state index is -0.887. The third-order valence-electron chi connectivity index (χ3n) is 2.15. The van der Waals surface area contributed by atoms with Gasteiger partial charge in [0.15, 0.2) is 0 Å². The van der Waals surface area contributed by atoms with Crippen LogP contribution in [-0.4, -0.2) is 28.4 Å². The van der Waals surface area contributed by atoms with Crippen LogP contribution in [0.5, 0.6) is 0 Å². The van der Waals surface area contributed by atoms with Gasteiger partial charge in [-0.3, -0.25) is 0 Å². The molecule has 0 spiro atoms. The van der Waals surface area contributed by atoms with Gasteiger partial charge in [-0.2, -0.15) is 0 Å². The highest BCUT2D eigenvalue weighted by Gasteiger charge is 2.12. The van der Waals surface area contributed by atoms with Gasteiger partial charge in [0.2, 0.25) is 0 Å². The number of carboxylic acid groups (broad SMARTS) is 1. The first-order valence-electron chi connectivity index (χ1n) is 5.03. The Kier molecular flexibility index (Phi) is 3.91. The second-order valence-corrected chi connectivity index (χ2v) is 3.77. The summed E-state index contributed by atoms with van der Waals surface area (Å²) in [6.45, 7) is 6.82. The van der Waals surface area contributed by atoms with Crippen LogP contribution in [0.15, 0.2) is 12.3 Å². The number of hydrogen-bond donors (Lipinski definition) is 1. The molecule has 4 heteroatoms. The Balaban J connectivity index is 2.65. The molecule has 1 aromatic heterocycles. The van der Waals surface area contributed by atoms with Gasteiger partial charge in [0.1, 0.15) is 5.69 Å². The number of aryl methyl sites for hydroxylation is 1. The summed E-state index contributed by atoms with van der Waals surface area (Å²) in [5, 5.41) is 8.98. The van der Waals surface area contributed by atoms with E-state index in [9.17, 15) is 4.79 Å². The molecule has 15 heavy (non-hydrogen) atoms. The smallest absolute Gasteiger partial charge is 0.352 e. The summed E-state index contributed by atoms with van der Waals surface area (Å²) in [5.74, 6) is -0.887. The molecule has 0 fully saturated rings. The van der Waals surface area contributed by atoms with Gasteiger partial charge in [0.25, 0.3) is 0 Å². The van der Waals surface area contributed by atoms with Crippen molar-refractivity contribution in [2.75, 3.05) is 6.61 Å². The summed E-state index contributed by atoms with van der Waals surface area (Å²) < 4.78 is 7.08. The monoisotopic (exact) mass is 211 g/mol. The van der Waals surface area contributed by atoms with E-state index in [-0.39, 0.29) is 6.10 Å². The average molecular weight is 211 g/mol. The molecule has 1 N–H and O–H groups in total. The first-order valence-corrected chi connectivity index (χ1v) is 5.03. The Bertz CT molecular complexity index is 342. The molecule has 0 saturated carbocycles. The lowest BCUT2D eigenvalue weighted by atomic mass is 10.3. The van der Waals surface area contributed by atoms with Crippen LogP contribution < -0.4 is 0 Å². The van der Waals surface area contributed by atoms with Crippen molar-refractivity contribution < 1.29 is 14.6 Å². The SMILES string of the molecule is Cc1ccn(CCOC(C)C)c1C(=O)O. The lowest BCUT2D eigenvalue weighted by Gasteiger charge is -2.10. The predicted octanol–water partition coefficient (Wildman–Crippen LogP) is 1.92. The molecule has 0 bridgehead atoms. The summed E-state index contributed by atoms with van der Waals surface area (Å²) in [4.78, 5) is 10.9. The Morgan fingerprint density at radius 2 is 2.27 bits per heavy atom. The van der Waals surface area contributed by atoms with Crippen LogP contribution in [0.3, 0.4) is 0 Å². The van der Waals surface area contributed by atoms with Crippen molar-refractivity contribution in [3.8, 4) is 0 Å². The number of rotatable bonds is 5. The predicted molar refractivity (Wildman–Crippen MR) is 57.2 cm³/mol.